The third-order valence-electron chi connectivity index (χ3n) is 7.82. The van der Waals surface area contributed by atoms with Crippen molar-refractivity contribution >= 4 is 44.1 Å². The smallest absolute Gasteiger partial charge is 0.167 e. The van der Waals surface area contributed by atoms with Crippen molar-refractivity contribution in [2.24, 2.45) is 0 Å². The molecule has 218 valence electrons. The fraction of sp³-hybridized carbons (Fsp3) is 0.152. The van der Waals surface area contributed by atoms with Crippen LogP contribution < -0.4 is 0 Å². The van der Waals surface area contributed by atoms with E-state index in [0.29, 0.717) is 26.2 Å². The van der Waals surface area contributed by atoms with Crippen LogP contribution in [0.15, 0.2) is 97.1 Å². The highest BCUT2D eigenvalue weighted by Crippen LogP contribution is 2.22. The van der Waals surface area contributed by atoms with Gasteiger partial charge in [-0.15, -0.1) is 0 Å². The van der Waals surface area contributed by atoms with Gasteiger partial charge in [0.15, 0.2) is 6.35 Å². The first-order chi connectivity index (χ1) is 21.6. The van der Waals surface area contributed by atoms with Crippen molar-refractivity contribution in [2.45, 2.75) is 32.5 Å². The van der Waals surface area contributed by atoms with Gasteiger partial charge in [0.25, 0.3) is 0 Å². The maximum atomic E-state index is 12.2. The molecule has 5 N–H and O–H groups in total. The molecule has 11 nitrogen and oxygen atoms in total. The van der Waals surface area contributed by atoms with Crippen LogP contribution in [0.5, 0.6) is 0 Å². The van der Waals surface area contributed by atoms with E-state index in [0.717, 1.165) is 67.4 Å². The molecule has 0 saturated heterocycles. The van der Waals surface area contributed by atoms with Gasteiger partial charge in [-0.25, -0.2) is 19.9 Å². The third kappa shape index (κ3) is 5.20. The fourth-order valence-electron chi connectivity index (χ4n) is 5.76. The van der Waals surface area contributed by atoms with Crippen LogP contribution in [0.3, 0.4) is 0 Å². The summed E-state index contributed by atoms with van der Waals surface area (Å²) < 4.78 is 0. The summed E-state index contributed by atoms with van der Waals surface area (Å²) >= 11 is 0. The summed E-state index contributed by atoms with van der Waals surface area (Å²) in [4.78, 5) is 36.8. The Labute approximate surface area is 251 Å². The molecule has 0 bridgehead atoms. The van der Waals surface area contributed by atoms with E-state index in [2.05, 4.69) is 19.9 Å². The Balaban J connectivity index is 1.16. The monoisotopic (exact) mass is 582 g/mol. The van der Waals surface area contributed by atoms with Crippen LogP contribution in [0.1, 0.15) is 23.3 Å². The molecule has 0 aliphatic rings. The molecule has 44 heavy (non-hydrogen) atoms. The molecule has 0 unspecified atom stereocenters. The standard InChI is InChI=1S/C33H30N10O/c44-33(42(17-29-34-21-9-1-2-10-22(21)35-29)18-30-36-23-11-3-4-12-24(23)37-30)43(19-31-38-25-13-5-6-14-26(25)39-31)20-32-40-27-15-7-8-16-28(27)41-32/h1-16,33,44H,17-20H2,(H,34,35)(H,36,37)(H,38,39)(H,40,41). The lowest BCUT2D eigenvalue weighted by Crippen LogP contribution is -2.47. The van der Waals surface area contributed by atoms with E-state index in [4.69, 9.17) is 19.9 Å². The maximum absolute atomic E-state index is 12.2. The van der Waals surface area contributed by atoms with Crippen molar-refractivity contribution in [3.05, 3.63) is 120 Å². The van der Waals surface area contributed by atoms with Crippen LogP contribution in [0.2, 0.25) is 0 Å². The zero-order chi connectivity index (χ0) is 29.5. The minimum atomic E-state index is -1.04. The minimum absolute atomic E-state index is 0.351. The number of benzene rings is 4. The number of aliphatic hydroxyl groups is 1. The Kier molecular flexibility index (Phi) is 6.60. The van der Waals surface area contributed by atoms with Crippen LogP contribution in [-0.4, -0.2) is 61.1 Å². The molecule has 0 amide bonds. The Hall–Kier alpha value is -5.36. The van der Waals surface area contributed by atoms with E-state index in [9.17, 15) is 5.11 Å². The number of nitrogens with zero attached hydrogens (tertiary/aromatic N) is 6. The normalized spacial score (nSPS) is 12.3. The summed E-state index contributed by atoms with van der Waals surface area (Å²) in [5, 5.41) is 12.2. The van der Waals surface area contributed by atoms with Gasteiger partial charge in [-0.05, 0) is 48.5 Å². The molecule has 0 atom stereocenters. The number of hydrogen-bond donors (Lipinski definition) is 5. The predicted molar refractivity (Wildman–Crippen MR) is 169 cm³/mol. The molecule has 4 aromatic carbocycles. The highest BCUT2D eigenvalue weighted by molar-refractivity contribution is 5.76. The SMILES string of the molecule is OC(N(Cc1nc2ccccc2[nH]1)Cc1nc2ccccc2[nH]1)N(Cc1nc2ccccc2[nH]1)Cc1nc2ccccc2[nH]1. The fourth-order valence-corrected chi connectivity index (χ4v) is 5.76. The number of hydrogen-bond acceptors (Lipinski definition) is 7. The molecule has 11 heteroatoms. The van der Waals surface area contributed by atoms with Crippen molar-refractivity contribution in [1.29, 1.82) is 0 Å². The number of fused-ring (bicyclic) bond motifs is 4. The lowest BCUT2D eigenvalue weighted by atomic mass is 10.3. The van der Waals surface area contributed by atoms with Crippen LogP contribution >= 0.6 is 0 Å². The topological polar surface area (TPSA) is 141 Å². The molecule has 0 spiro atoms. The largest absolute Gasteiger partial charge is 0.365 e. The van der Waals surface area contributed by atoms with Gasteiger partial charge in [0, 0.05) is 0 Å². The molecular formula is C33H30N10O. The summed E-state index contributed by atoms with van der Waals surface area (Å²) in [5.74, 6) is 2.98. The molecule has 4 aromatic heterocycles. The third-order valence-corrected chi connectivity index (χ3v) is 7.82. The number of aromatic amines is 4. The molecular weight excluding hydrogens is 552 g/mol. The first-order valence-corrected chi connectivity index (χ1v) is 14.6. The van der Waals surface area contributed by atoms with Crippen molar-refractivity contribution < 1.29 is 5.11 Å². The van der Waals surface area contributed by atoms with E-state index >= 15 is 0 Å². The number of aromatic nitrogens is 8. The van der Waals surface area contributed by atoms with Crippen LogP contribution in [0.25, 0.3) is 44.1 Å². The van der Waals surface area contributed by atoms with Gasteiger partial charge in [-0.3, -0.25) is 9.80 Å². The molecule has 0 aliphatic carbocycles. The second kappa shape index (κ2) is 11.0. The zero-order valence-corrected chi connectivity index (χ0v) is 23.8. The highest BCUT2D eigenvalue weighted by Gasteiger charge is 2.28. The summed E-state index contributed by atoms with van der Waals surface area (Å²) in [5.41, 5.74) is 7.29. The van der Waals surface area contributed by atoms with Crippen molar-refractivity contribution in [3.8, 4) is 0 Å². The summed E-state index contributed by atoms with van der Waals surface area (Å²) in [7, 11) is 0. The molecule has 0 fully saturated rings. The Morgan fingerprint density at radius 2 is 0.682 bits per heavy atom. The average molecular weight is 583 g/mol. The van der Waals surface area contributed by atoms with Crippen LogP contribution in [0.4, 0.5) is 0 Å². The molecule has 8 rings (SSSR count). The van der Waals surface area contributed by atoms with Gasteiger partial charge >= 0.3 is 0 Å². The summed E-state index contributed by atoms with van der Waals surface area (Å²) in [6, 6.07) is 31.7. The molecule has 0 radical (unpaired) electrons. The van der Waals surface area contributed by atoms with Crippen molar-refractivity contribution in [2.75, 3.05) is 0 Å². The Morgan fingerprint density at radius 1 is 0.432 bits per heavy atom. The number of rotatable bonds is 10. The number of imidazole rings is 4. The van der Waals surface area contributed by atoms with Gasteiger partial charge in [0.1, 0.15) is 23.3 Å². The van der Waals surface area contributed by atoms with Gasteiger partial charge in [0.05, 0.1) is 70.3 Å². The van der Waals surface area contributed by atoms with Crippen molar-refractivity contribution in [3.63, 3.8) is 0 Å². The quantitative estimate of drug-likeness (QED) is 0.140. The Morgan fingerprint density at radius 3 is 0.932 bits per heavy atom. The summed E-state index contributed by atoms with van der Waals surface area (Å²) in [6.07, 6.45) is -1.04. The van der Waals surface area contributed by atoms with E-state index in [-0.39, 0.29) is 0 Å². The first kappa shape index (κ1) is 26.3. The molecule has 8 aromatic rings. The number of H-pyrrole nitrogens is 4. The summed E-state index contributed by atoms with van der Waals surface area (Å²) in [6.45, 7) is 1.40. The van der Waals surface area contributed by atoms with E-state index in [1.807, 2.05) is 107 Å². The number of nitrogens with one attached hydrogen (secondary N) is 4. The highest BCUT2D eigenvalue weighted by atomic mass is 16.3. The second-order valence-electron chi connectivity index (χ2n) is 11.0. The minimum Gasteiger partial charge on any atom is -0.365 e. The molecule has 0 aliphatic heterocycles. The maximum Gasteiger partial charge on any atom is 0.167 e. The van der Waals surface area contributed by atoms with E-state index in [1.165, 1.54) is 0 Å². The Bertz CT molecular complexity index is 1770. The molecule has 0 saturated carbocycles. The van der Waals surface area contributed by atoms with E-state index < -0.39 is 6.35 Å². The van der Waals surface area contributed by atoms with Gasteiger partial charge in [0.2, 0.25) is 0 Å². The predicted octanol–water partition coefficient (Wildman–Crippen LogP) is 5.17. The van der Waals surface area contributed by atoms with Crippen LogP contribution in [0, 0.1) is 0 Å². The molecule has 4 heterocycles. The first-order valence-electron chi connectivity index (χ1n) is 14.6. The van der Waals surface area contributed by atoms with Crippen LogP contribution in [-0.2, 0) is 26.2 Å². The lowest BCUT2D eigenvalue weighted by molar-refractivity contribution is -0.132. The second-order valence-corrected chi connectivity index (χ2v) is 11.0. The van der Waals surface area contributed by atoms with E-state index in [1.54, 1.807) is 0 Å². The van der Waals surface area contributed by atoms with Crippen molar-refractivity contribution in [1.82, 2.24) is 49.7 Å². The number of aliphatic hydroxyl groups excluding tert-OH is 1. The zero-order valence-electron chi connectivity index (χ0n) is 23.8. The average Bonchev–Trinajstić information content (AvgIpc) is 3.83. The lowest BCUT2D eigenvalue weighted by Gasteiger charge is -2.34. The van der Waals surface area contributed by atoms with Gasteiger partial charge in [-0.2, -0.15) is 0 Å². The number of para-hydroxylation sites is 8. The van der Waals surface area contributed by atoms with Gasteiger partial charge < -0.3 is 25.0 Å². The van der Waals surface area contributed by atoms with Gasteiger partial charge in [-0.1, -0.05) is 48.5 Å².